The molecule has 1 aliphatic heterocycles. The fourth-order valence-corrected chi connectivity index (χ4v) is 1.88. The van der Waals surface area contributed by atoms with E-state index >= 15 is 0 Å². The Morgan fingerprint density at radius 1 is 1.60 bits per heavy atom. The van der Waals surface area contributed by atoms with E-state index in [-0.39, 0.29) is 5.91 Å². The number of halogens is 1. The molecule has 0 radical (unpaired) electrons. The van der Waals surface area contributed by atoms with Crippen molar-refractivity contribution in [2.75, 3.05) is 6.54 Å². The van der Waals surface area contributed by atoms with Crippen molar-refractivity contribution in [1.29, 1.82) is 0 Å². The number of aromatic nitrogens is 1. The monoisotopic (exact) mass is 272 g/mol. The number of carboxylic acid groups (broad SMARTS) is 1. The maximum absolute atomic E-state index is 11.8. The zero-order chi connectivity index (χ0) is 11.0. The van der Waals surface area contributed by atoms with Crippen molar-refractivity contribution in [2.24, 2.45) is 0 Å². The van der Waals surface area contributed by atoms with Crippen LogP contribution in [0.25, 0.3) is 0 Å². The van der Waals surface area contributed by atoms with Crippen LogP contribution in [0.4, 0.5) is 0 Å². The lowest BCUT2D eigenvalue weighted by atomic mass is 10.0. The lowest BCUT2D eigenvalue weighted by Gasteiger charge is -2.37. The number of nitrogens with one attached hydrogen (secondary N) is 1. The molecule has 2 heterocycles. The first-order valence-corrected chi connectivity index (χ1v) is 5.26. The second-order valence-corrected chi connectivity index (χ2v) is 4.29. The molecule has 1 saturated heterocycles. The number of H-pyrrole nitrogens is 1. The third-order valence-corrected chi connectivity index (χ3v) is 2.90. The molecule has 2 N–H and O–H groups in total. The molecule has 1 aromatic heterocycles. The summed E-state index contributed by atoms with van der Waals surface area (Å²) in [5, 5.41) is 8.79. The summed E-state index contributed by atoms with van der Waals surface area (Å²) in [6.45, 7) is 0.506. The van der Waals surface area contributed by atoms with Gasteiger partial charge in [0.05, 0.1) is 0 Å². The number of likely N-dealkylation sites (tertiary alicyclic amines) is 1. The van der Waals surface area contributed by atoms with Crippen LogP contribution in [-0.2, 0) is 4.79 Å². The van der Waals surface area contributed by atoms with Gasteiger partial charge in [-0.25, -0.2) is 4.79 Å². The predicted octanol–water partition coefficient (Wildman–Crippen LogP) is 1.08. The molecule has 1 atom stereocenters. The van der Waals surface area contributed by atoms with E-state index in [4.69, 9.17) is 5.11 Å². The molecule has 5 nitrogen and oxygen atoms in total. The zero-order valence-electron chi connectivity index (χ0n) is 7.74. The smallest absolute Gasteiger partial charge is 0.326 e. The minimum atomic E-state index is -0.944. The molecule has 1 amide bonds. The largest absolute Gasteiger partial charge is 0.480 e. The molecule has 0 saturated carbocycles. The molecule has 0 aliphatic carbocycles. The van der Waals surface area contributed by atoms with Crippen molar-refractivity contribution in [2.45, 2.75) is 12.5 Å². The minimum absolute atomic E-state index is 0.264. The number of aliphatic carboxylic acids is 1. The lowest BCUT2D eigenvalue weighted by molar-refractivity contribution is -0.146. The van der Waals surface area contributed by atoms with E-state index in [1.54, 1.807) is 12.3 Å². The highest BCUT2D eigenvalue weighted by molar-refractivity contribution is 9.10. The van der Waals surface area contributed by atoms with Crippen molar-refractivity contribution in [3.05, 3.63) is 22.4 Å². The van der Waals surface area contributed by atoms with Crippen LogP contribution in [0.15, 0.2) is 16.7 Å². The summed E-state index contributed by atoms with van der Waals surface area (Å²) in [5.74, 6) is -1.21. The minimum Gasteiger partial charge on any atom is -0.480 e. The Balaban J connectivity index is 2.12. The number of carbonyl (C=O) groups excluding carboxylic acids is 1. The first-order chi connectivity index (χ1) is 7.09. The Morgan fingerprint density at radius 2 is 2.33 bits per heavy atom. The summed E-state index contributed by atoms with van der Waals surface area (Å²) in [7, 11) is 0. The fourth-order valence-electron chi connectivity index (χ4n) is 1.53. The highest BCUT2D eigenvalue weighted by atomic mass is 79.9. The fraction of sp³-hybridized carbons (Fsp3) is 0.333. The highest BCUT2D eigenvalue weighted by Gasteiger charge is 2.38. The Hall–Kier alpha value is -1.30. The lowest BCUT2D eigenvalue weighted by Crippen LogP contribution is -2.55. The molecule has 0 bridgehead atoms. The predicted molar refractivity (Wildman–Crippen MR) is 55.6 cm³/mol. The normalized spacial score (nSPS) is 19.8. The van der Waals surface area contributed by atoms with Gasteiger partial charge in [0.2, 0.25) is 0 Å². The van der Waals surface area contributed by atoms with E-state index in [1.807, 2.05) is 0 Å². The van der Waals surface area contributed by atoms with Gasteiger partial charge in [-0.05, 0) is 28.4 Å². The standard InChI is InChI=1S/C9H9BrN2O3/c10-5-3-6(11-4-5)8(13)12-2-1-7(12)9(14)15/h3-4,7,11H,1-2H2,(H,14,15). The SMILES string of the molecule is O=C(O)C1CCN1C(=O)c1cc(Br)c[nH]1. The summed E-state index contributed by atoms with van der Waals surface area (Å²) in [6.07, 6.45) is 2.17. The van der Waals surface area contributed by atoms with Gasteiger partial charge in [0, 0.05) is 17.2 Å². The molecule has 2 rings (SSSR count). The summed E-state index contributed by atoms with van der Waals surface area (Å²) in [4.78, 5) is 26.6. The molecule has 80 valence electrons. The molecule has 1 fully saturated rings. The number of hydrogen-bond acceptors (Lipinski definition) is 2. The second kappa shape index (κ2) is 3.69. The maximum Gasteiger partial charge on any atom is 0.326 e. The van der Waals surface area contributed by atoms with Crippen LogP contribution in [0.3, 0.4) is 0 Å². The van der Waals surface area contributed by atoms with Crippen molar-refractivity contribution in [1.82, 2.24) is 9.88 Å². The van der Waals surface area contributed by atoms with Gasteiger partial charge in [-0.3, -0.25) is 4.79 Å². The van der Waals surface area contributed by atoms with E-state index in [2.05, 4.69) is 20.9 Å². The van der Waals surface area contributed by atoms with E-state index in [0.717, 1.165) is 4.47 Å². The molecular formula is C9H9BrN2O3. The molecular weight excluding hydrogens is 264 g/mol. The summed E-state index contributed by atoms with van der Waals surface area (Å²) in [5.41, 5.74) is 0.410. The second-order valence-electron chi connectivity index (χ2n) is 3.37. The molecule has 0 spiro atoms. The van der Waals surface area contributed by atoms with E-state index in [9.17, 15) is 9.59 Å². The number of carboxylic acids is 1. The molecule has 6 heteroatoms. The Bertz CT molecular complexity index is 415. The van der Waals surface area contributed by atoms with E-state index in [1.165, 1.54) is 4.90 Å². The Kier molecular flexibility index (Phi) is 2.52. The van der Waals surface area contributed by atoms with Crippen molar-refractivity contribution in [3.63, 3.8) is 0 Å². The van der Waals surface area contributed by atoms with Gasteiger partial charge in [-0.15, -0.1) is 0 Å². The van der Waals surface area contributed by atoms with Crippen LogP contribution in [-0.4, -0.2) is 39.5 Å². The van der Waals surface area contributed by atoms with E-state index in [0.29, 0.717) is 18.7 Å². The first kappa shape index (κ1) is 10.2. The van der Waals surface area contributed by atoms with Crippen LogP contribution in [0.1, 0.15) is 16.9 Å². The van der Waals surface area contributed by atoms with Gasteiger partial charge in [0.15, 0.2) is 0 Å². The molecule has 1 aromatic rings. The van der Waals surface area contributed by atoms with Gasteiger partial charge in [0.25, 0.3) is 5.91 Å². The Morgan fingerprint density at radius 3 is 2.73 bits per heavy atom. The van der Waals surface area contributed by atoms with Crippen LogP contribution >= 0.6 is 15.9 Å². The van der Waals surface area contributed by atoms with Crippen molar-refractivity contribution < 1.29 is 14.7 Å². The number of amides is 1. The molecule has 1 aliphatic rings. The Labute approximate surface area is 94.2 Å². The van der Waals surface area contributed by atoms with Crippen molar-refractivity contribution >= 4 is 27.8 Å². The summed E-state index contributed by atoms with van der Waals surface area (Å²) in [6, 6.07) is 0.971. The number of carbonyl (C=O) groups is 2. The number of nitrogens with zero attached hydrogens (tertiary/aromatic N) is 1. The number of rotatable bonds is 2. The maximum atomic E-state index is 11.8. The van der Waals surface area contributed by atoms with Gasteiger partial charge < -0.3 is 15.0 Å². The molecule has 15 heavy (non-hydrogen) atoms. The number of hydrogen-bond donors (Lipinski definition) is 2. The average molecular weight is 273 g/mol. The van der Waals surface area contributed by atoms with Crippen molar-refractivity contribution in [3.8, 4) is 0 Å². The molecule has 1 unspecified atom stereocenters. The first-order valence-electron chi connectivity index (χ1n) is 4.47. The molecule has 0 aromatic carbocycles. The van der Waals surface area contributed by atoms with Gasteiger partial charge in [-0.2, -0.15) is 0 Å². The van der Waals surface area contributed by atoms with Gasteiger partial charge in [0.1, 0.15) is 11.7 Å². The zero-order valence-corrected chi connectivity index (χ0v) is 9.32. The van der Waals surface area contributed by atoms with Crippen LogP contribution in [0, 0.1) is 0 Å². The summed E-state index contributed by atoms with van der Waals surface area (Å²) < 4.78 is 0.776. The van der Waals surface area contributed by atoms with Crippen LogP contribution in [0.5, 0.6) is 0 Å². The van der Waals surface area contributed by atoms with Gasteiger partial charge >= 0.3 is 5.97 Å². The average Bonchev–Trinajstić information content (AvgIpc) is 2.48. The number of aromatic amines is 1. The van der Waals surface area contributed by atoms with Crippen LogP contribution < -0.4 is 0 Å². The van der Waals surface area contributed by atoms with Gasteiger partial charge in [-0.1, -0.05) is 0 Å². The third kappa shape index (κ3) is 1.77. The topological polar surface area (TPSA) is 73.4 Å². The third-order valence-electron chi connectivity index (χ3n) is 2.44. The quantitative estimate of drug-likeness (QED) is 0.846. The van der Waals surface area contributed by atoms with E-state index < -0.39 is 12.0 Å². The summed E-state index contributed by atoms with van der Waals surface area (Å²) >= 11 is 3.22. The highest BCUT2D eigenvalue weighted by Crippen LogP contribution is 2.21. The van der Waals surface area contributed by atoms with Crippen LogP contribution in [0.2, 0.25) is 0 Å².